The molecular weight excluding hydrogens is 301 g/mol. The first kappa shape index (κ1) is 10.6. The van der Waals surface area contributed by atoms with Crippen molar-refractivity contribution in [3.8, 4) is 5.69 Å². The number of hydrogen-bond donors (Lipinski definition) is 0. The number of aromatic nitrogens is 3. The Morgan fingerprint density at radius 1 is 1.27 bits per heavy atom. The summed E-state index contributed by atoms with van der Waals surface area (Å²) in [5, 5.41) is 8.27. The van der Waals surface area contributed by atoms with Crippen LogP contribution in [0.15, 0.2) is 30.3 Å². The Balaban J connectivity index is 2.44. The minimum atomic E-state index is 0.998. The maximum Gasteiger partial charge on any atom is 0.147 e. The molecule has 0 atom stereocenters. The van der Waals surface area contributed by atoms with E-state index < -0.39 is 0 Å². The normalized spacial score (nSPS) is 10.5. The fourth-order valence-electron chi connectivity index (χ4n) is 1.51. The van der Waals surface area contributed by atoms with Gasteiger partial charge in [0.15, 0.2) is 0 Å². The molecule has 1 aromatic carbocycles. The van der Waals surface area contributed by atoms with Gasteiger partial charge in [-0.2, -0.15) is 0 Å². The molecule has 0 aliphatic rings. The number of nitrogens with zero attached hydrogens (tertiary/aromatic N) is 3. The summed E-state index contributed by atoms with van der Waals surface area (Å²) < 4.78 is 2.92. The van der Waals surface area contributed by atoms with Crippen LogP contribution in [0.5, 0.6) is 0 Å². The van der Waals surface area contributed by atoms with Gasteiger partial charge in [-0.1, -0.05) is 36.8 Å². The monoisotopic (exact) mass is 313 g/mol. The molecule has 0 N–H and O–H groups in total. The first-order valence-electron chi connectivity index (χ1n) is 4.98. The Hall–Kier alpha value is -0.910. The predicted molar refractivity (Wildman–Crippen MR) is 68.1 cm³/mol. The highest BCUT2D eigenvalue weighted by Gasteiger charge is 2.10. The highest BCUT2D eigenvalue weighted by Crippen LogP contribution is 2.15. The Morgan fingerprint density at radius 2 is 2.00 bits per heavy atom. The van der Waals surface area contributed by atoms with Crippen molar-refractivity contribution in [2.45, 2.75) is 19.8 Å². The number of benzene rings is 1. The molecule has 2 aromatic rings. The van der Waals surface area contributed by atoms with Crippen LogP contribution in [-0.2, 0) is 6.42 Å². The molecule has 0 aliphatic heterocycles. The van der Waals surface area contributed by atoms with Gasteiger partial charge in [-0.3, -0.25) is 0 Å². The molecule has 0 unspecified atom stereocenters. The second-order valence-electron chi connectivity index (χ2n) is 3.32. The third kappa shape index (κ3) is 2.19. The number of halogens is 1. The smallest absolute Gasteiger partial charge is 0.147 e. The quantitative estimate of drug-likeness (QED) is 0.816. The van der Waals surface area contributed by atoms with E-state index in [2.05, 4.69) is 39.8 Å². The average Bonchev–Trinajstić information content (AvgIpc) is 2.63. The average molecular weight is 313 g/mol. The topological polar surface area (TPSA) is 30.7 Å². The SMILES string of the molecule is CCCc1c(I)nnn1-c1ccccc1. The third-order valence-electron chi connectivity index (χ3n) is 2.20. The molecular formula is C11H12IN3. The molecule has 78 valence electrons. The van der Waals surface area contributed by atoms with Gasteiger partial charge in [0, 0.05) is 0 Å². The summed E-state index contributed by atoms with van der Waals surface area (Å²) in [7, 11) is 0. The minimum absolute atomic E-state index is 0.998. The fraction of sp³-hybridized carbons (Fsp3) is 0.273. The van der Waals surface area contributed by atoms with Crippen LogP contribution >= 0.6 is 22.6 Å². The zero-order chi connectivity index (χ0) is 10.7. The second kappa shape index (κ2) is 4.74. The molecule has 0 saturated carbocycles. The lowest BCUT2D eigenvalue weighted by Crippen LogP contribution is -2.02. The van der Waals surface area contributed by atoms with Crippen molar-refractivity contribution in [2.24, 2.45) is 0 Å². The molecule has 0 aliphatic carbocycles. The molecule has 0 amide bonds. The van der Waals surface area contributed by atoms with Crippen molar-refractivity contribution in [2.75, 3.05) is 0 Å². The summed E-state index contributed by atoms with van der Waals surface area (Å²) in [5.74, 6) is 0. The summed E-state index contributed by atoms with van der Waals surface area (Å²) in [6, 6.07) is 10.1. The lowest BCUT2D eigenvalue weighted by atomic mass is 10.2. The third-order valence-corrected chi connectivity index (χ3v) is 3.04. The molecule has 0 spiro atoms. The largest absolute Gasteiger partial charge is 0.216 e. The molecule has 4 heteroatoms. The predicted octanol–water partition coefficient (Wildman–Crippen LogP) is 2.82. The molecule has 3 nitrogen and oxygen atoms in total. The lowest BCUT2D eigenvalue weighted by Gasteiger charge is -2.04. The fourth-order valence-corrected chi connectivity index (χ4v) is 2.10. The maximum absolute atomic E-state index is 4.16. The first-order chi connectivity index (χ1) is 7.33. The summed E-state index contributed by atoms with van der Waals surface area (Å²) >= 11 is 2.24. The van der Waals surface area contributed by atoms with Gasteiger partial charge in [-0.15, -0.1) is 5.10 Å². The van der Waals surface area contributed by atoms with Crippen molar-refractivity contribution in [1.82, 2.24) is 15.0 Å². The molecule has 0 bridgehead atoms. The van der Waals surface area contributed by atoms with Gasteiger partial charge in [-0.25, -0.2) is 4.68 Å². The van der Waals surface area contributed by atoms with E-state index in [1.807, 2.05) is 35.0 Å². The van der Waals surface area contributed by atoms with E-state index in [1.165, 1.54) is 5.69 Å². The van der Waals surface area contributed by atoms with E-state index in [0.717, 1.165) is 22.2 Å². The Morgan fingerprint density at radius 3 is 2.67 bits per heavy atom. The molecule has 1 aromatic heterocycles. The van der Waals surface area contributed by atoms with E-state index >= 15 is 0 Å². The van der Waals surface area contributed by atoms with Crippen LogP contribution in [0.3, 0.4) is 0 Å². The van der Waals surface area contributed by atoms with Crippen molar-refractivity contribution < 1.29 is 0 Å². The van der Waals surface area contributed by atoms with E-state index in [4.69, 9.17) is 0 Å². The maximum atomic E-state index is 4.16. The van der Waals surface area contributed by atoms with Crippen LogP contribution in [-0.4, -0.2) is 15.0 Å². The van der Waals surface area contributed by atoms with E-state index in [0.29, 0.717) is 0 Å². The summed E-state index contributed by atoms with van der Waals surface area (Å²) in [4.78, 5) is 0. The van der Waals surface area contributed by atoms with Gasteiger partial charge in [0.25, 0.3) is 0 Å². The zero-order valence-electron chi connectivity index (χ0n) is 8.52. The van der Waals surface area contributed by atoms with Crippen LogP contribution in [0.1, 0.15) is 19.0 Å². The van der Waals surface area contributed by atoms with Crippen LogP contribution in [0.4, 0.5) is 0 Å². The molecule has 15 heavy (non-hydrogen) atoms. The van der Waals surface area contributed by atoms with Crippen LogP contribution in [0, 0.1) is 3.70 Å². The zero-order valence-corrected chi connectivity index (χ0v) is 10.7. The van der Waals surface area contributed by atoms with Crippen molar-refractivity contribution in [1.29, 1.82) is 0 Å². The van der Waals surface area contributed by atoms with Gasteiger partial charge in [0.2, 0.25) is 0 Å². The highest BCUT2D eigenvalue weighted by atomic mass is 127. The van der Waals surface area contributed by atoms with Crippen molar-refractivity contribution in [3.63, 3.8) is 0 Å². The Kier molecular flexibility index (Phi) is 3.35. The molecule has 0 fully saturated rings. The number of rotatable bonds is 3. The van der Waals surface area contributed by atoms with Crippen LogP contribution in [0.25, 0.3) is 5.69 Å². The Bertz CT molecular complexity index is 436. The van der Waals surface area contributed by atoms with Gasteiger partial charge in [0.05, 0.1) is 11.4 Å². The van der Waals surface area contributed by atoms with Crippen LogP contribution in [0.2, 0.25) is 0 Å². The molecule has 0 saturated heterocycles. The summed E-state index contributed by atoms with van der Waals surface area (Å²) in [6.07, 6.45) is 2.12. The standard InChI is InChI=1S/C11H12IN3/c1-2-6-10-11(12)13-14-15(10)9-7-4-3-5-8-9/h3-5,7-8H,2,6H2,1H3. The van der Waals surface area contributed by atoms with Crippen molar-refractivity contribution in [3.05, 3.63) is 39.7 Å². The van der Waals surface area contributed by atoms with E-state index in [1.54, 1.807) is 0 Å². The Labute approximate surface area is 103 Å². The highest BCUT2D eigenvalue weighted by molar-refractivity contribution is 14.1. The van der Waals surface area contributed by atoms with Crippen molar-refractivity contribution >= 4 is 22.6 Å². The van der Waals surface area contributed by atoms with Crippen LogP contribution < -0.4 is 0 Å². The summed E-state index contributed by atoms with van der Waals surface area (Å²) in [5.41, 5.74) is 2.28. The van der Waals surface area contributed by atoms with E-state index in [-0.39, 0.29) is 0 Å². The van der Waals surface area contributed by atoms with Gasteiger partial charge in [-0.05, 0) is 41.1 Å². The first-order valence-corrected chi connectivity index (χ1v) is 6.06. The molecule has 2 rings (SSSR count). The molecule has 1 heterocycles. The van der Waals surface area contributed by atoms with Gasteiger partial charge < -0.3 is 0 Å². The van der Waals surface area contributed by atoms with E-state index in [9.17, 15) is 0 Å². The lowest BCUT2D eigenvalue weighted by molar-refractivity contribution is 0.745. The van der Waals surface area contributed by atoms with Gasteiger partial charge in [0.1, 0.15) is 3.70 Å². The minimum Gasteiger partial charge on any atom is -0.216 e. The van der Waals surface area contributed by atoms with Gasteiger partial charge >= 0.3 is 0 Å². The second-order valence-corrected chi connectivity index (χ2v) is 4.35. The number of para-hydroxylation sites is 1. The molecule has 0 radical (unpaired) electrons. The number of hydrogen-bond acceptors (Lipinski definition) is 2. The summed E-state index contributed by atoms with van der Waals surface area (Å²) in [6.45, 7) is 2.17.